The first-order chi connectivity index (χ1) is 13.0. The summed E-state index contributed by atoms with van der Waals surface area (Å²) in [7, 11) is 0. The van der Waals surface area contributed by atoms with Crippen LogP contribution in [0.15, 0.2) is 5.10 Å². The Labute approximate surface area is 159 Å². The summed E-state index contributed by atoms with van der Waals surface area (Å²) < 4.78 is 5.29. The van der Waals surface area contributed by atoms with Gasteiger partial charge >= 0.3 is 12.1 Å². The quantitative estimate of drug-likeness (QED) is 0.0813. The molecule has 1 aliphatic heterocycles. The maximum atomic E-state index is 12.3. The summed E-state index contributed by atoms with van der Waals surface area (Å²) in [4.78, 5) is 22.6. The lowest BCUT2D eigenvalue weighted by atomic mass is 9.69. The van der Waals surface area contributed by atoms with Gasteiger partial charge in [0, 0.05) is 13.0 Å². The summed E-state index contributed by atoms with van der Waals surface area (Å²) >= 11 is 0. The first-order valence-electron chi connectivity index (χ1n) is 9.64. The van der Waals surface area contributed by atoms with E-state index in [-0.39, 0.29) is 25.2 Å². The van der Waals surface area contributed by atoms with Crippen LogP contribution >= 0.6 is 0 Å². The van der Waals surface area contributed by atoms with Crippen LogP contribution in [0.25, 0.3) is 0 Å². The Morgan fingerprint density at radius 3 is 2.81 bits per heavy atom. The third-order valence-electron chi connectivity index (χ3n) is 5.56. The van der Waals surface area contributed by atoms with Crippen LogP contribution in [0.1, 0.15) is 44.9 Å². The normalized spacial score (nSPS) is 28.1. The van der Waals surface area contributed by atoms with E-state index in [1.54, 1.807) is 0 Å². The van der Waals surface area contributed by atoms with E-state index in [9.17, 15) is 9.59 Å². The smallest absolute Gasteiger partial charge is 0.404 e. The van der Waals surface area contributed by atoms with Gasteiger partial charge in [-0.2, -0.15) is 5.10 Å². The van der Waals surface area contributed by atoms with Gasteiger partial charge in [0.25, 0.3) is 0 Å². The number of nitrogens with two attached hydrogens (primary N) is 2. The zero-order chi connectivity index (χ0) is 19.6. The van der Waals surface area contributed by atoms with Gasteiger partial charge in [0.1, 0.15) is 11.9 Å². The van der Waals surface area contributed by atoms with Crippen molar-refractivity contribution in [3.05, 3.63) is 0 Å². The van der Waals surface area contributed by atoms with Crippen molar-refractivity contribution in [3.8, 4) is 0 Å². The lowest BCUT2D eigenvalue weighted by Gasteiger charge is -2.42. The van der Waals surface area contributed by atoms with Gasteiger partial charge in [-0.05, 0) is 56.4 Å². The molecule has 4 unspecified atom stereocenters. The minimum Gasteiger partial charge on any atom is -0.465 e. The highest BCUT2D eigenvalue weighted by Gasteiger charge is 2.38. The van der Waals surface area contributed by atoms with Gasteiger partial charge in [0.15, 0.2) is 0 Å². The Kier molecular flexibility index (Phi) is 8.59. The van der Waals surface area contributed by atoms with Crippen LogP contribution in [0.3, 0.4) is 0 Å². The molecule has 4 atom stereocenters. The summed E-state index contributed by atoms with van der Waals surface area (Å²) in [5, 5.41) is 17.9. The third-order valence-corrected chi connectivity index (χ3v) is 5.56. The van der Waals surface area contributed by atoms with E-state index in [0.717, 1.165) is 38.6 Å². The number of carbonyl (C=O) groups is 2. The summed E-state index contributed by atoms with van der Waals surface area (Å²) in [5.74, 6) is 7.13. The second-order valence-electron chi connectivity index (χ2n) is 7.42. The number of carboxylic acid groups (broad SMARTS) is 1. The molecule has 1 saturated heterocycles. The van der Waals surface area contributed by atoms with Crippen LogP contribution in [0.4, 0.5) is 4.79 Å². The highest BCUT2D eigenvalue weighted by molar-refractivity contribution is 5.79. The van der Waals surface area contributed by atoms with Crippen molar-refractivity contribution in [1.82, 2.24) is 16.2 Å². The number of carbonyl (C=O) groups excluding carboxylic acids is 1. The van der Waals surface area contributed by atoms with Crippen molar-refractivity contribution in [2.45, 2.75) is 51.0 Å². The molecular formula is C17H32N6O4. The van der Waals surface area contributed by atoms with Gasteiger partial charge < -0.3 is 26.2 Å². The molecule has 0 aromatic rings. The molecule has 2 rings (SSSR count). The van der Waals surface area contributed by atoms with E-state index >= 15 is 0 Å². The summed E-state index contributed by atoms with van der Waals surface area (Å²) in [6, 6.07) is -0.273. The molecule has 8 N–H and O–H groups in total. The summed E-state index contributed by atoms with van der Waals surface area (Å²) in [6.07, 6.45) is 5.35. The average Bonchev–Trinajstić information content (AvgIpc) is 2.65. The molecule has 1 amide bonds. The Bertz CT molecular complexity index is 530. The number of piperidine rings is 1. The molecule has 27 heavy (non-hydrogen) atoms. The third kappa shape index (κ3) is 7.22. The Hall–Kier alpha value is -2.07. The summed E-state index contributed by atoms with van der Waals surface area (Å²) in [6.45, 7) is 1.35. The van der Waals surface area contributed by atoms with Crippen LogP contribution in [0.5, 0.6) is 0 Å². The highest BCUT2D eigenvalue weighted by atomic mass is 16.5. The van der Waals surface area contributed by atoms with Gasteiger partial charge in [-0.1, -0.05) is 6.42 Å². The number of hydrazine groups is 1. The molecule has 2 aliphatic rings. The first-order valence-corrected chi connectivity index (χ1v) is 9.64. The van der Waals surface area contributed by atoms with Crippen molar-refractivity contribution < 1.29 is 19.4 Å². The monoisotopic (exact) mass is 384 g/mol. The van der Waals surface area contributed by atoms with Gasteiger partial charge in [0.2, 0.25) is 0 Å². The lowest BCUT2D eigenvalue weighted by molar-refractivity contribution is -0.148. The molecule has 154 valence electrons. The molecule has 1 aliphatic carbocycles. The molecule has 0 radical (unpaired) electrons. The molecule has 1 heterocycles. The number of hydrazone groups is 1. The minimum atomic E-state index is -1.07. The van der Waals surface area contributed by atoms with E-state index in [0.29, 0.717) is 30.0 Å². The Morgan fingerprint density at radius 2 is 2.07 bits per heavy atom. The van der Waals surface area contributed by atoms with Gasteiger partial charge in [0.05, 0.1) is 6.61 Å². The number of nitrogens with one attached hydrogen (secondary N) is 3. The zero-order valence-corrected chi connectivity index (χ0v) is 15.7. The van der Waals surface area contributed by atoms with Crippen LogP contribution < -0.4 is 27.7 Å². The predicted octanol–water partition coefficient (Wildman–Crippen LogP) is 0.0974. The molecule has 0 aromatic heterocycles. The molecule has 10 heteroatoms. The average molecular weight is 384 g/mol. The molecular weight excluding hydrogens is 352 g/mol. The fourth-order valence-corrected chi connectivity index (χ4v) is 4.13. The van der Waals surface area contributed by atoms with E-state index in [4.69, 9.17) is 21.4 Å². The predicted molar refractivity (Wildman–Crippen MR) is 101 cm³/mol. The lowest BCUT2D eigenvalue weighted by Crippen LogP contribution is -2.50. The first kappa shape index (κ1) is 21.2. The maximum Gasteiger partial charge on any atom is 0.404 e. The number of ether oxygens (including phenoxy) is 1. The van der Waals surface area contributed by atoms with Crippen molar-refractivity contribution >= 4 is 17.9 Å². The number of hydrogen-bond donors (Lipinski definition) is 6. The topological polar surface area (TPSA) is 164 Å². The van der Waals surface area contributed by atoms with E-state index in [1.807, 2.05) is 0 Å². The Morgan fingerprint density at radius 1 is 1.26 bits per heavy atom. The van der Waals surface area contributed by atoms with Gasteiger partial charge in [-0.25, -0.2) is 16.2 Å². The molecule has 0 bridgehead atoms. The van der Waals surface area contributed by atoms with Crippen LogP contribution in [-0.4, -0.2) is 48.7 Å². The van der Waals surface area contributed by atoms with Crippen LogP contribution in [0, 0.1) is 17.8 Å². The van der Waals surface area contributed by atoms with E-state index < -0.39 is 6.09 Å². The zero-order valence-electron chi connectivity index (χ0n) is 15.7. The van der Waals surface area contributed by atoms with Gasteiger partial charge in [-0.3, -0.25) is 4.79 Å². The summed E-state index contributed by atoms with van der Waals surface area (Å²) in [5.41, 5.74) is 8.00. The van der Waals surface area contributed by atoms with E-state index in [1.165, 1.54) is 6.42 Å². The van der Waals surface area contributed by atoms with E-state index in [2.05, 4.69) is 21.3 Å². The van der Waals surface area contributed by atoms with Crippen molar-refractivity contribution in [3.63, 3.8) is 0 Å². The maximum absolute atomic E-state index is 12.3. The number of amidine groups is 1. The molecule has 0 spiro atoms. The fourth-order valence-electron chi connectivity index (χ4n) is 4.13. The number of esters is 1. The second-order valence-corrected chi connectivity index (χ2v) is 7.42. The minimum absolute atomic E-state index is 0.224. The second kappa shape index (κ2) is 10.9. The Balaban J connectivity index is 1.71. The molecule has 0 aromatic carbocycles. The largest absolute Gasteiger partial charge is 0.465 e. The molecule has 2 fully saturated rings. The number of rotatable bonds is 9. The molecule has 10 nitrogen and oxygen atoms in total. The van der Waals surface area contributed by atoms with Crippen LogP contribution in [-0.2, 0) is 9.53 Å². The van der Waals surface area contributed by atoms with Crippen molar-refractivity contribution in [1.29, 1.82) is 0 Å². The number of hydrogen-bond acceptors (Lipinski definition) is 7. The standard InChI is InChI=1S/C17H32N6O4/c18-15(22-23-19)5-3-11-2-4-12-10-21-14(9-13(12)8-11)16(24)27-7-1-6-20-17(25)26/h11-14,20-21,23H,1-10,19H2,(H2,18,22)(H,25,26). The molecule has 1 saturated carbocycles. The number of amides is 1. The SMILES string of the molecule is NN/N=C(\N)CCC1CCC2CNC(C(=O)OCCCNC(=O)O)CC2C1. The van der Waals surface area contributed by atoms with Crippen molar-refractivity contribution in [2.75, 3.05) is 19.7 Å². The fraction of sp³-hybridized carbons (Fsp3) is 0.824. The van der Waals surface area contributed by atoms with Crippen LogP contribution in [0.2, 0.25) is 0 Å². The van der Waals surface area contributed by atoms with Crippen molar-refractivity contribution in [2.24, 2.45) is 34.4 Å². The van der Waals surface area contributed by atoms with Gasteiger partial charge in [-0.15, -0.1) is 0 Å². The number of nitrogens with zero attached hydrogens (tertiary/aromatic N) is 1. The number of fused-ring (bicyclic) bond motifs is 1. The highest BCUT2D eigenvalue weighted by Crippen LogP contribution is 2.40.